The van der Waals surface area contributed by atoms with Gasteiger partial charge in [0.25, 0.3) is 5.91 Å². The van der Waals surface area contributed by atoms with Crippen molar-refractivity contribution < 1.29 is 27.9 Å². The third-order valence-electron chi connectivity index (χ3n) is 5.71. The Morgan fingerprint density at radius 3 is 2.69 bits per heavy atom. The molecule has 2 amide bonds. The normalized spacial score (nSPS) is 25.8. The molecule has 0 saturated carbocycles. The second-order valence-electron chi connectivity index (χ2n) is 7.60. The number of halogens is 3. The summed E-state index contributed by atoms with van der Waals surface area (Å²) in [5.41, 5.74) is 0.577. The van der Waals surface area contributed by atoms with Gasteiger partial charge in [0.1, 0.15) is 11.8 Å². The van der Waals surface area contributed by atoms with Gasteiger partial charge in [-0.3, -0.25) is 19.2 Å². The highest BCUT2D eigenvalue weighted by Crippen LogP contribution is 2.40. The molecule has 6 nitrogen and oxygen atoms in total. The molecular formula is C20H20F3N3O3. The predicted octanol–water partition coefficient (Wildman–Crippen LogP) is 3.58. The van der Waals surface area contributed by atoms with Crippen molar-refractivity contribution in [2.45, 2.75) is 37.9 Å². The SMILES string of the molecule is O=C1CCC(n2cc3cc(O)ccc3n2)C(=O)N1C[C@@H]1CC=CC[C@H]1C(F)(F)F. The number of allylic oxidation sites excluding steroid dienone is 2. The lowest BCUT2D eigenvalue weighted by atomic mass is 9.81. The van der Waals surface area contributed by atoms with E-state index in [-0.39, 0.29) is 38.0 Å². The smallest absolute Gasteiger partial charge is 0.392 e. The fourth-order valence-electron chi connectivity index (χ4n) is 4.16. The molecular weight excluding hydrogens is 387 g/mol. The van der Waals surface area contributed by atoms with E-state index in [1.165, 1.54) is 22.9 Å². The molecule has 1 unspecified atom stereocenters. The molecule has 9 heteroatoms. The van der Waals surface area contributed by atoms with Crippen LogP contribution in [0.4, 0.5) is 13.2 Å². The highest BCUT2D eigenvalue weighted by Gasteiger charge is 2.46. The van der Waals surface area contributed by atoms with E-state index in [9.17, 15) is 27.9 Å². The van der Waals surface area contributed by atoms with E-state index in [0.717, 1.165) is 4.90 Å². The first-order valence-electron chi connectivity index (χ1n) is 9.48. The van der Waals surface area contributed by atoms with Crippen molar-refractivity contribution in [1.82, 2.24) is 14.7 Å². The van der Waals surface area contributed by atoms with Gasteiger partial charge in [0.2, 0.25) is 5.91 Å². The van der Waals surface area contributed by atoms with E-state index < -0.39 is 35.9 Å². The largest absolute Gasteiger partial charge is 0.508 e. The molecule has 1 aliphatic heterocycles. The predicted molar refractivity (Wildman–Crippen MR) is 97.8 cm³/mol. The van der Waals surface area contributed by atoms with Crippen LogP contribution in [0.2, 0.25) is 0 Å². The quantitative estimate of drug-likeness (QED) is 0.624. The van der Waals surface area contributed by atoms with Gasteiger partial charge in [0.15, 0.2) is 0 Å². The van der Waals surface area contributed by atoms with Crippen LogP contribution in [-0.2, 0) is 9.59 Å². The van der Waals surface area contributed by atoms with Gasteiger partial charge in [-0.05, 0) is 43.4 Å². The van der Waals surface area contributed by atoms with Gasteiger partial charge in [-0.2, -0.15) is 18.3 Å². The van der Waals surface area contributed by atoms with E-state index in [4.69, 9.17) is 0 Å². The molecule has 1 N–H and O–H groups in total. The number of piperidine rings is 1. The van der Waals surface area contributed by atoms with E-state index in [2.05, 4.69) is 5.10 Å². The summed E-state index contributed by atoms with van der Waals surface area (Å²) in [5, 5.41) is 14.6. The highest BCUT2D eigenvalue weighted by molar-refractivity contribution is 5.99. The van der Waals surface area contributed by atoms with Crippen LogP contribution < -0.4 is 0 Å². The van der Waals surface area contributed by atoms with E-state index in [0.29, 0.717) is 10.9 Å². The number of imide groups is 1. The van der Waals surface area contributed by atoms with Gasteiger partial charge in [-0.1, -0.05) is 12.2 Å². The average Bonchev–Trinajstić information content (AvgIpc) is 3.07. The number of hydrogen-bond acceptors (Lipinski definition) is 4. The summed E-state index contributed by atoms with van der Waals surface area (Å²) in [6.45, 7) is -0.246. The maximum absolute atomic E-state index is 13.4. The number of benzene rings is 1. The first-order valence-corrected chi connectivity index (χ1v) is 9.48. The van der Waals surface area contributed by atoms with Crippen LogP contribution in [0, 0.1) is 11.8 Å². The van der Waals surface area contributed by atoms with Gasteiger partial charge < -0.3 is 5.11 Å². The molecule has 1 fully saturated rings. The molecule has 1 saturated heterocycles. The lowest BCUT2D eigenvalue weighted by Crippen LogP contribution is -2.50. The zero-order valence-corrected chi connectivity index (χ0v) is 15.5. The first-order chi connectivity index (χ1) is 13.7. The lowest BCUT2D eigenvalue weighted by molar-refractivity contribution is -0.192. The topological polar surface area (TPSA) is 75.4 Å². The van der Waals surface area contributed by atoms with Crippen molar-refractivity contribution in [2.24, 2.45) is 11.8 Å². The van der Waals surface area contributed by atoms with Crippen molar-refractivity contribution in [2.75, 3.05) is 6.54 Å². The number of fused-ring (bicyclic) bond motifs is 1. The van der Waals surface area contributed by atoms with Crippen LogP contribution in [0.3, 0.4) is 0 Å². The summed E-state index contributed by atoms with van der Waals surface area (Å²) in [4.78, 5) is 26.4. The number of hydrogen-bond donors (Lipinski definition) is 1. The van der Waals surface area contributed by atoms with Crippen LogP contribution >= 0.6 is 0 Å². The van der Waals surface area contributed by atoms with Gasteiger partial charge in [-0.15, -0.1) is 0 Å². The van der Waals surface area contributed by atoms with Crippen molar-refractivity contribution in [3.8, 4) is 5.75 Å². The standard InChI is InChI=1S/C20H20F3N3O3/c21-20(22,23)15-4-2-1-3-12(15)10-25-18(28)8-7-17(19(25)29)26-11-13-9-14(27)5-6-16(13)24-26/h1-2,5-6,9,11-12,15,17,27H,3-4,7-8,10H2/t12-,15+,17?/m0/s1. The number of aromatic nitrogens is 2. The molecule has 3 atom stereocenters. The number of phenolic OH excluding ortho intramolecular Hbond substituents is 1. The van der Waals surface area contributed by atoms with Crippen LogP contribution in [0.1, 0.15) is 31.7 Å². The van der Waals surface area contributed by atoms with Gasteiger partial charge in [0, 0.05) is 24.5 Å². The van der Waals surface area contributed by atoms with Crippen molar-refractivity contribution in [3.05, 3.63) is 36.5 Å². The van der Waals surface area contributed by atoms with Crippen molar-refractivity contribution >= 4 is 22.7 Å². The Morgan fingerprint density at radius 1 is 1.17 bits per heavy atom. The number of carbonyl (C=O) groups excluding carboxylic acids is 2. The Hall–Kier alpha value is -2.84. The van der Waals surface area contributed by atoms with Crippen LogP contribution in [0.5, 0.6) is 5.75 Å². The number of alkyl halides is 3. The van der Waals surface area contributed by atoms with E-state index in [1.54, 1.807) is 18.3 Å². The van der Waals surface area contributed by atoms with Gasteiger partial charge in [0.05, 0.1) is 11.4 Å². The second kappa shape index (κ2) is 7.20. The summed E-state index contributed by atoms with van der Waals surface area (Å²) >= 11 is 0. The summed E-state index contributed by atoms with van der Waals surface area (Å²) in [6.07, 6.45) is 0.751. The fourth-order valence-corrected chi connectivity index (χ4v) is 4.16. The Bertz CT molecular complexity index is 982. The van der Waals surface area contributed by atoms with Gasteiger partial charge in [-0.25, -0.2) is 0 Å². The van der Waals surface area contributed by atoms with E-state index in [1.807, 2.05) is 0 Å². The van der Waals surface area contributed by atoms with Crippen LogP contribution in [-0.4, -0.2) is 44.3 Å². The molecule has 0 radical (unpaired) electrons. The molecule has 29 heavy (non-hydrogen) atoms. The monoisotopic (exact) mass is 407 g/mol. The first kappa shape index (κ1) is 19.5. The maximum atomic E-state index is 13.4. The van der Waals surface area contributed by atoms with Crippen LogP contribution in [0.25, 0.3) is 10.9 Å². The average molecular weight is 407 g/mol. The minimum absolute atomic E-state index is 0.0624. The summed E-state index contributed by atoms with van der Waals surface area (Å²) < 4.78 is 41.6. The molecule has 2 heterocycles. The number of amides is 2. The number of rotatable bonds is 3. The number of aromatic hydroxyl groups is 1. The summed E-state index contributed by atoms with van der Waals surface area (Å²) in [6, 6.07) is 3.84. The third-order valence-corrected chi connectivity index (χ3v) is 5.71. The number of nitrogens with zero attached hydrogens (tertiary/aromatic N) is 3. The Balaban J connectivity index is 1.58. The molecule has 1 aliphatic carbocycles. The number of carbonyl (C=O) groups is 2. The van der Waals surface area contributed by atoms with Crippen molar-refractivity contribution in [3.63, 3.8) is 0 Å². The third kappa shape index (κ3) is 3.73. The molecule has 4 rings (SSSR count). The lowest BCUT2D eigenvalue weighted by Gasteiger charge is -2.37. The zero-order chi connectivity index (χ0) is 20.8. The minimum Gasteiger partial charge on any atom is -0.508 e. The Morgan fingerprint density at radius 2 is 1.93 bits per heavy atom. The highest BCUT2D eigenvalue weighted by atomic mass is 19.4. The van der Waals surface area contributed by atoms with Crippen molar-refractivity contribution in [1.29, 1.82) is 0 Å². The molecule has 154 valence electrons. The second-order valence-corrected chi connectivity index (χ2v) is 7.60. The molecule has 1 aromatic carbocycles. The number of phenols is 1. The maximum Gasteiger partial charge on any atom is 0.392 e. The molecule has 2 aliphatic rings. The fraction of sp³-hybridized carbons (Fsp3) is 0.450. The minimum atomic E-state index is -4.38. The Kier molecular flexibility index (Phi) is 4.84. The molecule has 1 aromatic heterocycles. The molecule has 0 bridgehead atoms. The number of likely N-dealkylation sites (tertiary alicyclic amines) is 1. The van der Waals surface area contributed by atoms with Gasteiger partial charge >= 0.3 is 6.18 Å². The zero-order valence-electron chi connectivity index (χ0n) is 15.5. The Labute approximate surface area is 164 Å². The summed E-state index contributed by atoms with van der Waals surface area (Å²) in [5.74, 6) is -3.33. The molecule has 2 aromatic rings. The summed E-state index contributed by atoms with van der Waals surface area (Å²) in [7, 11) is 0. The van der Waals surface area contributed by atoms with Crippen LogP contribution in [0.15, 0.2) is 36.5 Å². The van der Waals surface area contributed by atoms with E-state index >= 15 is 0 Å². The molecule has 0 spiro atoms.